The van der Waals surface area contributed by atoms with E-state index in [2.05, 4.69) is 41.4 Å². The number of nitrogens with zero attached hydrogens (tertiary/aromatic N) is 1. The maximum atomic E-state index is 5.72. The molecule has 0 bridgehead atoms. The van der Waals surface area contributed by atoms with Gasteiger partial charge in [0.25, 0.3) is 0 Å². The van der Waals surface area contributed by atoms with Crippen molar-refractivity contribution in [2.45, 2.75) is 38.2 Å². The minimum absolute atomic E-state index is 0.505. The first-order valence-electron chi connectivity index (χ1n) is 8.03. The Morgan fingerprint density at radius 1 is 1.25 bits per heavy atom. The van der Waals surface area contributed by atoms with Crippen LogP contribution in [-0.4, -0.2) is 43.8 Å². The fourth-order valence-corrected chi connectivity index (χ4v) is 3.49. The second-order valence-corrected chi connectivity index (χ2v) is 5.95. The largest absolute Gasteiger partial charge is 0.384 e. The van der Waals surface area contributed by atoms with Crippen LogP contribution in [0.1, 0.15) is 37.7 Å². The molecule has 1 atom stereocenters. The Morgan fingerprint density at radius 2 is 2.05 bits per heavy atom. The van der Waals surface area contributed by atoms with Gasteiger partial charge in [-0.1, -0.05) is 18.2 Å². The Bertz CT molecular complexity index is 427. The molecule has 3 heteroatoms. The molecule has 1 saturated heterocycles. The van der Waals surface area contributed by atoms with Gasteiger partial charge in [0.05, 0.1) is 6.10 Å². The van der Waals surface area contributed by atoms with E-state index in [1.54, 1.807) is 0 Å². The molecule has 0 amide bonds. The second kappa shape index (κ2) is 6.59. The van der Waals surface area contributed by atoms with E-state index in [0.29, 0.717) is 12.0 Å². The van der Waals surface area contributed by atoms with Gasteiger partial charge in [-0.2, -0.15) is 0 Å². The molecule has 0 spiro atoms. The Kier molecular flexibility index (Phi) is 4.58. The summed E-state index contributed by atoms with van der Waals surface area (Å²) in [5.74, 6) is 0.691. The fraction of sp³-hybridized carbons (Fsp3) is 0.647. The lowest BCUT2D eigenvalue weighted by Crippen LogP contribution is -2.38. The summed E-state index contributed by atoms with van der Waals surface area (Å²) in [4.78, 5) is 2.61. The molecule has 0 aliphatic carbocycles. The van der Waals surface area contributed by atoms with E-state index >= 15 is 0 Å². The lowest BCUT2D eigenvalue weighted by molar-refractivity contribution is 0.0138. The molecule has 3 rings (SSSR count). The number of rotatable bonds is 5. The van der Waals surface area contributed by atoms with Crippen molar-refractivity contribution in [1.82, 2.24) is 4.90 Å². The molecule has 0 saturated carbocycles. The summed E-state index contributed by atoms with van der Waals surface area (Å²) in [6, 6.07) is 8.75. The molecule has 0 radical (unpaired) electrons. The molecule has 1 unspecified atom stereocenters. The van der Waals surface area contributed by atoms with Gasteiger partial charge in [0.15, 0.2) is 0 Å². The molecular formula is C17H26N2O. The van der Waals surface area contributed by atoms with Crippen LogP contribution >= 0.6 is 0 Å². The van der Waals surface area contributed by atoms with Crippen LogP contribution < -0.4 is 5.32 Å². The molecule has 2 aliphatic rings. The molecule has 2 heterocycles. The highest BCUT2D eigenvalue weighted by molar-refractivity contribution is 5.57. The number of benzene rings is 1. The van der Waals surface area contributed by atoms with Crippen LogP contribution in [0, 0.1) is 0 Å². The Hall–Kier alpha value is -1.06. The molecule has 1 aromatic carbocycles. The molecule has 2 aliphatic heterocycles. The van der Waals surface area contributed by atoms with Crippen LogP contribution in [0.3, 0.4) is 0 Å². The van der Waals surface area contributed by atoms with Gasteiger partial charge in [0.1, 0.15) is 0 Å². The number of hydrogen-bond donors (Lipinski definition) is 1. The van der Waals surface area contributed by atoms with Gasteiger partial charge >= 0.3 is 0 Å². The predicted molar refractivity (Wildman–Crippen MR) is 83.4 cm³/mol. The maximum Gasteiger partial charge on any atom is 0.0599 e. The van der Waals surface area contributed by atoms with E-state index in [9.17, 15) is 0 Å². The average molecular weight is 274 g/mol. The van der Waals surface area contributed by atoms with Crippen LogP contribution in [0.2, 0.25) is 0 Å². The Balaban J connectivity index is 1.45. The zero-order valence-electron chi connectivity index (χ0n) is 12.5. The van der Waals surface area contributed by atoms with Crippen molar-refractivity contribution in [3.8, 4) is 0 Å². The monoisotopic (exact) mass is 274 g/mol. The third kappa shape index (κ3) is 3.15. The average Bonchev–Trinajstić information content (AvgIpc) is 2.90. The van der Waals surface area contributed by atoms with Gasteiger partial charge in [0.2, 0.25) is 0 Å². The molecule has 1 fully saturated rings. The number of piperidine rings is 1. The smallest absolute Gasteiger partial charge is 0.0599 e. The molecule has 110 valence electrons. The summed E-state index contributed by atoms with van der Waals surface area (Å²) in [5, 5.41) is 3.52. The second-order valence-electron chi connectivity index (χ2n) is 5.95. The molecular weight excluding hydrogens is 248 g/mol. The quantitative estimate of drug-likeness (QED) is 0.893. The summed E-state index contributed by atoms with van der Waals surface area (Å²) in [5.41, 5.74) is 2.85. The van der Waals surface area contributed by atoms with Crippen molar-refractivity contribution in [1.29, 1.82) is 0 Å². The molecule has 1 N–H and O–H groups in total. The van der Waals surface area contributed by atoms with Gasteiger partial charge in [-0.3, -0.25) is 0 Å². The lowest BCUT2D eigenvalue weighted by Gasteiger charge is -2.32. The minimum atomic E-state index is 0.505. The Labute approximate surface area is 122 Å². The Morgan fingerprint density at radius 3 is 2.85 bits per heavy atom. The first-order chi connectivity index (χ1) is 9.86. The topological polar surface area (TPSA) is 24.5 Å². The number of nitrogens with one attached hydrogen (secondary N) is 1. The van der Waals surface area contributed by atoms with Crippen molar-refractivity contribution in [3.05, 3.63) is 29.8 Å². The first kappa shape index (κ1) is 13.9. The van der Waals surface area contributed by atoms with Gasteiger partial charge in [0, 0.05) is 37.8 Å². The van der Waals surface area contributed by atoms with Crippen LogP contribution in [0.4, 0.5) is 5.69 Å². The van der Waals surface area contributed by atoms with Crippen LogP contribution in [-0.2, 0) is 4.74 Å². The summed E-state index contributed by atoms with van der Waals surface area (Å²) < 4.78 is 5.72. The van der Waals surface area contributed by atoms with Crippen molar-refractivity contribution < 1.29 is 4.74 Å². The number of likely N-dealkylation sites (tertiary alicyclic amines) is 1. The molecule has 3 nitrogen and oxygen atoms in total. The van der Waals surface area contributed by atoms with Gasteiger partial charge in [-0.05, 0) is 44.4 Å². The lowest BCUT2D eigenvalue weighted by atomic mass is 9.97. The molecule has 0 aromatic heterocycles. The predicted octanol–water partition coefficient (Wildman–Crippen LogP) is 3.09. The molecule has 1 aromatic rings. The highest BCUT2D eigenvalue weighted by atomic mass is 16.5. The highest BCUT2D eigenvalue weighted by Gasteiger charge is 2.24. The van der Waals surface area contributed by atoms with Crippen LogP contribution in [0.5, 0.6) is 0 Å². The minimum Gasteiger partial charge on any atom is -0.384 e. The van der Waals surface area contributed by atoms with Crippen molar-refractivity contribution in [3.63, 3.8) is 0 Å². The number of anilines is 1. The summed E-state index contributed by atoms with van der Waals surface area (Å²) in [7, 11) is 0. The zero-order chi connectivity index (χ0) is 13.8. The highest BCUT2D eigenvalue weighted by Crippen LogP contribution is 2.33. The van der Waals surface area contributed by atoms with Crippen molar-refractivity contribution >= 4 is 5.69 Å². The number of ether oxygens (including phenoxy) is 1. The van der Waals surface area contributed by atoms with Gasteiger partial charge < -0.3 is 15.0 Å². The van der Waals surface area contributed by atoms with E-state index in [1.807, 2.05) is 0 Å². The van der Waals surface area contributed by atoms with E-state index in [4.69, 9.17) is 4.74 Å². The maximum absolute atomic E-state index is 5.72. The first-order valence-corrected chi connectivity index (χ1v) is 8.03. The van der Waals surface area contributed by atoms with Gasteiger partial charge in [-0.25, -0.2) is 0 Å². The van der Waals surface area contributed by atoms with Crippen LogP contribution in [0.25, 0.3) is 0 Å². The number of para-hydroxylation sites is 1. The zero-order valence-corrected chi connectivity index (χ0v) is 12.5. The van der Waals surface area contributed by atoms with E-state index in [-0.39, 0.29) is 0 Å². The standard InChI is InChI=1S/C17H26N2O/c1-2-20-15-8-11-19(12-9-15)10-7-14-13-18-17-6-4-3-5-16(14)17/h3-6,14-15,18H,2,7-13H2,1H3. The van der Waals surface area contributed by atoms with E-state index in [0.717, 1.165) is 13.2 Å². The molecule has 20 heavy (non-hydrogen) atoms. The SMILES string of the molecule is CCOC1CCN(CCC2CNc3ccccc32)CC1. The fourth-order valence-electron chi connectivity index (χ4n) is 3.49. The third-order valence-corrected chi connectivity index (χ3v) is 4.67. The van der Waals surface area contributed by atoms with Crippen LogP contribution in [0.15, 0.2) is 24.3 Å². The van der Waals surface area contributed by atoms with E-state index in [1.165, 1.54) is 50.1 Å². The summed E-state index contributed by atoms with van der Waals surface area (Å²) in [6.45, 7) is 7.68. The normalized spacial score (nSPS) is 23.6. The van der Waals surface area contributed by atoms with Crippen molar-refractivity contribution in [2.24, 2.45) is 0 Å². The van der Waals surface area contributed by atoms with Crippen molar-refractivity contribution in [2.75, 3.05) is 38.1 Å². The third-order valence-electron chi connectivity index (χ3n) is 4.67. The summed E-state index contributed by atoms with van der Waals surface area (Å²) in [6.07, 6.45) is 4.18. The number of hydrogen-bond acceptors (Lipinski definition) is 3. The van der Waals surface area contributed by atoms with Gasteiger partial charge in [-0.15, -0.1) is 0 Å². The van der Waals surface area contributed by atoms with E-state index < -0.39 is 0 Å². The number of fused-ring (bicyclic) bond motifs is 1. The summed E-state index contributed by atoms with van der Waals surface area (Å²) >= 11 is 0.